The van der Waals surface area contributed by atoms with Crippen LogP contribution in [0, 0.1) is 13.8 Å². The maximum atomic E-state index is 8.74. The highest BCUT2D eigenvalue weighted by molar-refractivity contribution is 7.99. The molecule has 0 saturated carbocycles. The number of aliphatic hydroxyl groups excluding tert-OH is 1. The van der Waals surface area contributed by atoms with Gasteiger partial charge in [-0.2, -0.15) is 11.8 Å². The van der Waals surface area contributed by atoms with E-state index in [2.05, 4.69) is 37.4 Å². The van der Waals surface area contributed by atoms with Crippen molar-refractivity contribution in [1.29, 1.82) is 0 Å². The minimum absolute atomic E-state index is 0.293. The van der Waals surface area contributed by atoms with Crippen molar-refractivity contribution >= 4 is 11.8 Å². The number of hydrogen-bond acceptors (Lipinski definition) is 3. The van der Waals surface area contributed by atoms with E-state index < -0.39 is 0 Å². The molecule has 0 aliphatic heterocycles. The van der Waals surface area contributed by atoms with E-state index in [1.165, 1.54) is 16.7 Å². The molecule has 2 nitrogen and oxygen atoms in total. The van der Waals surface area contributed by atoms with Crippen LogP contribution in [0.15, 0.2) is 18.2 Å². The van der Waals surface area contributed by atoms with E-state index in [-0.39, 0.29) is 0 Å². The Morgan fingerprint density at radius 2 is 2.06 bits per heavy atom. The monoisotopic (exact) mass is 253 g/mol. The SMILES string of the molecule is CNC(CSCCCO)c1ccc(C)c(C)c1. The zero-order valence-corrected chi connectivity index (χ0v) is 11.8. The maximum absolute atomic E-state index is 8.74. The molecule has 0 bridgehead atoms. The number of nitrogens with one attached hydrogen (secondary N) is 1. The molecule has 96 valence electrons. The van der Waals surface area contributed by atoms with Crippen molar-refractivity contribution in [3.63, 3.8) is 0 Å². The van der Waals surface area contributed by atoms with Gasteiger partial charge in [-0.1, -0.05) is 18.2 Å². The standard InChI is InChI=1S/C14H23NOS/c1-11-5-6-13(9-12(11)2)14(15-3)10-17-8-4-7-16/h5-6,9,14-16H,4,7-8,10H2,1-3H3. The first-order valence-electron chi connectivity index (χ1n) is 6.12. The summed E-state index contributed by atoms with van der Waals surface area (Å²) in [6.45, 7) is 4.59. The Morgan fingerprint density at radius 3 is 2.65 bits per heavy atom. The van der Waals surface area contributed by atoms with Gasteiger partial charge in [-0.15, -0.1) is 0 Å². The summed E-state index contributed by atoms with van der Waals surface area (Å²) < 4.78 is 0. The minimum atomic E-state index is 0.293. The van der Waals surface area contributed by atoms with Gasteiger partial charge in [-0.3, -0.25) is 0 Å². The number of benzene rings is 1. The largest absolute Gasteiger partial charge is 0.396 e. The molecule has 1 aromatic rings. The lowest BCUT2D eigenvalue weighted by Crippen LogP contribution is -2.19. The highest BCUT2D eigenvalue weighted by Gasteiger charge is 2.09. The molecular formula is C14H23NOS. The molecule has 3 heteroatoms. The van der Waals surface area contributed by atoms with Crippen LogP contribution in [0.25, 0.3) is 0 Å². The summed E-state index contributed by atoms with van der Waals surface area (Å²) in [7, 11) is 2.01. The molecule has 0 aliphatic rings. The second-order valence-corrected chi connectivity index (χ2v) is 5.49. The van der Waals surface area contributed by atoms with Crippen LogP contribution in [-0.2, 0) is 0 Å². The van der Waals surface area contributed by atoms with Crippen LogP contribution in [0.5, 0.6) is 0 Å². The van der Waals surface area contributed by atoms with Gasteiger partial charge in [0.15, 0.2) is 0 Å². The van der Waals surface area contributed by atoms with Gasteiger partial charge >= 0.3 is 0 Å². The third kappa shape index (κ3) is 4.70. The first kappa shape index (κ1) is 14.6. The van der Waals surface area contributed by atoms with Crippen LogP contribution in [0.4, 0.5) is 0 Å². The molecule has 0 aromatic heterocycles. The van der Waals surface area contributed by atoms with Gasteiger partial charge in [-0.05, 0) is 49.8 Å². The van der Waals surface area contributed by atoms with Crippen LogP contribution in [0.2, 0.25) is 0 Å². The Kier molecular flexibility index (Phi) is 6.63. The fourth-order valence-corrected chi connectivity index (χ4v) is 2.79. The number of thioether (sulfide) groups is 1. The first-order valence-corrected chi connectivity index (χ1v) is 7.27. The van der Waals surface area contributed by atoms with E-state index in [1.807, 2.05) is 18.8 Å². The van der Waals surface area contributed by atoms with Crippen molar-refractivity contribution in [2.24, 2.45) is 0 Å². The number of aryl methyl sites for hydroxylation is 2. The van der Waals surface area contributed by atoms with Crippen LogP contribution in [0.1, 0.15) is 29.2 Å². The second kappa shape index (κ2) is 7.75. The van der Waals surface area contributed by atoms with E-state index in [0.717, 1.165) is 17.9 Å². The fourth-order valence-electron chi connectivity index (χ4n) is 1.70. The molecule has 1 unspecified atom stereocenters. The predicted molar refractivity (Wildman–Crippen MR) is 76.7 cm³/mol. The Morgan fingerprint density at radius 1 is 1.29 bits per heavy atom. The van der Waals surface area contributed by atoms with Gasteiger partial charge in [-0.25, -0.2) is 0 Å². The molecule has 0 heterocycles. The van der Waals surface area contributed by atoms with Crippen molar-refractivity contribution in [3.8, 4) is 0 Å². The van der Waals surface area contributed by atoms with Gasteiger partial charge in [0.1, 0.15) is 0 Å². The number of aliphatic hydroxyl groups is 1. The van der Waals surface area contributed by atoms with Crippen LogP contribution in [0.3, 0.4) is 0 Å². The van der Waals surface area contributed by atoms with Gasteiger partial charge in [0.05, 0.1) is 0 Å². The summed E-state index contributed by atoms with van der Waals surface area (Å²) in [5, 5.41) is 12.1. The van der Waals surface area contributed by atoms with E-state index in [9.17, 15) is 0 Å². The van der Waals surface area contributed by atoms with E-state index in [4.69, 9.17) is 5.11 Å². The molecule has 2 N–H and O–H groups in total. The highest BCUT2D eigenvalue weighted by atomic mass is 32.2. The average molecular weight is 253 g/mol. The summed E-state index contributed by atoms with van der Waals surface area (Å²) >= 11 is 1.89. The van der Waals surface area contributed by atoms with Crippen molar-refractivity contribution in [2.45, 2.75) is 26.3 Å². The molecule has 0 aliphatic carbocycles. The number of hydrogen-bond donors (Lipinski definition) is 2. The molecular weight excluding hydrogens is 230 g/mol. The summed E-state index contributed by atoms with van der Waals surface area (Å²) in [6, 6.07) is 7.06. The molecule has 0 saturated heterocycles. The Hall–Kier alpha value is -0.510. The number of rotatable bonds is 7. The lowest BCUT2D eigenvalue weighted by Gasteiger charge is -2.17. The smallest absolute Gasteiger partial charge is 0.0438 e. The van der Waals surface area contributed by atoms with E-state index >= 15 is 0 Å². The Bertz CT molecular complexity index is 341. The van der Waals surface area contributed by atoms with Crippen LogP contribution in [-0.4, -0.2) is 30.3 Å². The summed E-state index contributed by atoms with van der Waals surface area (Å²) in [5.41, 5.74) is 4.05. The van der Waals surface area contributed by atoms with E-state index in [0.29, 0.717) is 12.6 Å². The van der Waals surface area contributed by atoms with E-state index in [1.54, 1.807) is 0 Å². The highest BCUT2D eigenvalue weighted by Crippen LogP contribution is 2.21. The topological polar surface area (TPSA) is 32.3 Å². The summed E-state index contributed by atoms with van der Waals surface area (Å²) in [4.78, 5) is 0. The second-order valence-electron chi connectivity index (χ2n) is 4.34. The summed E-state index contributed by atoms with van der Waals surface area (Å²) in [5.74, 6) is 2.08. The summed E-state index contributed by atoms with van der Waals surface area (Å²) in [6.07, 6.45) is 0.883. The van der Waals surface area contributed by atoms with Gasteiger partial charge in [0.25, 0.3) is 0 Å². The van der Waals surface area contributed by atoms with Crippen LogP contribution < -0.4 is 5.32 Å². The molecule has 0 amide bonds. The van der Waals surface area contributed by atoms with Gasteiger partial charge < -0.3 is 10.4 Å². The average Bonchev–Trinajstić information content (AvgIpc) is 2.33. The molecule has 17 heavy (non-hydrogen) atoms. The lowest BCUT2D eigenvalue weighted by molar-refractivity contribution is 0.296. The Labute approximate surface area is 109 Å². The fraction of sp³-hybridized carbons (Fsp3) is 0.571. The lowest BCUT2D eigenvalue weighted by atomic mass is 10.0. The van der Waals surface area contributed by atoms with Crippen molar-refractivity contribution in [1.82, 2.24) is 5.32 Å². The van der Waals surface area contributed by atoms with Crippen molar-refractivity contribution in [2.75, 3.05) is 25.2 Å². The zero-order valence-electron chi connectivity index (χ0n) is 11.0. The first-order chi connectivity index (χ1) is 8.19. The van der Waals surface area contributed by atoms with Gasteiger partial charge in [0.2, 0.25) is 0 Å². The normalized spacial score (nSPS) is 12.7. The molecule has 0 fully saturated rings. The van der Waals surface area contributed by atoms with Crippen molar-refractivity contribution < 1.29 is 5.11 Å². The molecule has 0 spiro atoms. The van der Waals surface area contributed by atoms with Crippen LogP contribution >= 0.6 is 11.8 Å². The zero-order chi connectivity index (χ0) is 12.7. The third-order valence-electron chi connectivity index (χ3n) is 3.01. The van der Waals surface area contributed by atoms with Crippen molar-refractivity contribution in [3.05, 3.63) is 34.9 Å². The maximum Gasteiger partial charge on any atom is 0.0438 e. The molecule has 1 atom stereocenters. The van der Waals surface area contributed by atoms with Gasteiger partial charge in [0, 0.05) is 18.4 Å². The third-order valence-corrected chi connectivity index (χ3v) is 4.16. The molecule has 0 radical (unpaired) electrons. The quantitative estimate of drug-likeness (QED) is 0.733. The Balaban J connectivity index is 2.56. The minimum Gasteiger partial charge on any atom is -0.396 e. The molecule has 1 aromatic carbocycles. The molecule has 1 rings (SSSR count). The predicted octanol–water partition coefficient (Wildman–Crippen LogP) is 2.68.